The van der Waals surface area contributed by atoms with E-state index in [0.29, 0.717) is 0 Å². The molecule has 94 valence electrons. The van der Waals surface area contributed by atoms with Gasteiger partial charge >= 0.3 is 0 Å². The highest BCUT2D eigenvalue weighted by Gasteiger charge is 2.19. The molecule has 3 heteroatoms. The summed E-state index contributed by atoms with van der Waals surface area (Å²) in [6, 6.07) is 9.53. The van der Waals surface area contributed by atoms with Gasteiger partial charge in [0, 0.05) is 45.5 Å². The van der Waals surface area contributed by atoms with E-state index in [2.05, 4.69) is 53.9 Å². The van der Waals surface area contributed by atoms with Crippen molar-refractivity contribution >= 4 is 5.69 Å². The largest absolute Gasteiger partial charge is 0.378 e. The topological polar surface area (TPSA) is 27.3 Å². The number of rotatable bonds is 7. The number of nitrogens with zero attached hydrogens (tertiary/aromatic N) is 1. The van der Waals surface area contributed by atoms with Crippen LogP contribution in [-0.2, 0) is 6.54 Å². The molecule has 2 N–H and O–H groups in total. The molecular formula is C14H23N3. The summed E-state index contributed by atoms with van der Waals surface area (Å²) in [5.41, 5.74) is 2.60. The summed E-state index contributed by atoms with van der Waals surface area (Å²) >= 11 is 0. The first kappa shape index (κ1) is 12.4. The molecular weight excluding hydrogens is 210 g/mol. The zero-order valence-corrected chi connectivity index (χ0v) is 10.9. The predicted octanol–water partition coefficient (Wildman–Crippen LogP) is 1.59. The van der Waals surface area contributed by atoms with E-state index in [4.69, 9.17) is 0 Å². The molecule has 1 aliphatic carbocycles. The lowest BCUT2D eigenvalue weighted by molar-refractivity contribution is 0.608. The van der Waals surface area contributed by atoms with Gasteiger partial charge < -0.3 is 15.5 Å². The summed E-state index contributed by atoms with van der Waals surface area (Å²) in [6.45, 7) is 3.09. The fourth-order valence-electron chi connectivity index (χ4n) is 1.80. The first-order valence-electron chi connectivity index (χ1n) is 6.46. The molecule has 0 unspecified atom stereocenters. The van der Waals surface area contributed by atoms with E-state index in [-0.39, 0.29) is 0 Å². The van der Waals surface area contributed by atoms with E-state index < -0.39 is 0 Å². The molecule has 0 saturated heterocycles. The summed E-state index contributed by atoms with van der Waals surface area (Å²) in [7, 11) is 4.13. The molecule has 0 amide bonds. The van der Waals surface area contributed by atoms with Crippen LogP contribution in [0.1, 0.15) is 18.4 Å². The Labute approximate surface area is 104 Å². The minimum Gasteiger partial charge on any atom is -0.378 e. The quantitative estimate of drug-likeness (QED) is 0.700. The lowest BCUT2D eigenvalue weighted by Gasteiger charge is -2.13. The van der Waals surface area contributed by atoms with Crippen molar-refractivity contribution in [1.29, 1.82) is 0 Å². The van der Waals surface area contributed by atoms with Gasteiger partial charge in [0.2, 0.25) is 0 Å². The van der Waals surface area contributed by atoms with Crippen LogP contribution in [0.15, 0.2) is 24.3 Å². The molecule has 1 saturated carbocycles. The number of nitrogens with one attached hydrogen (secondary N) is 2. The second-order valence-corrected chi connectivity index (χ2v) is 4.97. The number of hydrogen-bond acceptors (Lipinski definition) is 3. The van der Waals surface area contributed by atoms with Crippen LogP contribution in [0.5, 0.6) is 0 Å². The third kappa shape index (κ3) is 4.36. The second kappa shape index (κ2) is 6.03. The number of benzene rings is 1. The number of anilines is 1. The minimum absolute atomic E-state index is 0.816. The van der Waals surface area contributed by atoms with Gasteiger partial charge in [-0.3, -0.25) is 0 Å². The highest BCUT2D eigenvalue weighted by molar-refractivity contribution is 5.45. The minimum atomic E-state index is 0.816. The van der Waals surface area contributed by atoms with Gasteiger partial charge in [-0.2, -0.15) is 0 Å². The molecule has 1 aliphatic rings. The van der Waals surface area contributed by atoms with Crippen LogP contribution in [0.2, 0.25) is 0 Å². The molecule has 1 aromatic rings. The predicted molar refractivity (Wildman–Crippen MR) is 73.5 cm³/mol. The van der Waals surface area contributed by atoms with Gasteiger partial charge in [0.15, 0.2) is 0 Å². The molecule has 17 heavy (non-hydrogen) atoms. The van der Waals surface area contributed by atoms with Gasteiger partial charge in [-0.05, 0) is 30.5 Å². The van der Waals surface area contributed by atoms with E-state index in [1.54, 1.807) is 0 Å². The summed E-state index contributed by atoms with van der Waals surface area (Å²) < 4.78 is 0. The molecule has 0 bridgehead atoms. The molecule has 2 rings (SSSR count). The van der Waals surface area contributed by atoms with Crippen LogP contribution >= 0.6 is 0 Å². The maximum absolute atomic E-state index is 3.50. The standard InChI is InChI=1S/C14H23N3/c1-17(2)14-7-3-12(4-8-14)11-15-9-10-16-13-5-6-13/h3-4,7-8,13,15-16H,5-6,9-11H2,1-2H3. The number of hydrogen-bond donors (Lipinski definition) is 2. The van der Waals surface area contributed by atoms with Crippen molar-refractivity contribution in [1.82, 2.24) is 10.6 Å². The van der Waals surface area contributed by atoms with Crippen LogP contribution in [0.3, 0.4) is 0 Å². The van der Waals surface area contributed by atoms with E-state index >= 15 is 0 Å². The second-order valence-electron chi connectivity index (χ2n) is 4.97. The zero-order chi connectivity index (χ0) is 12.1. The maximum Gasteiger partial charge on any atom is 0.0361 e. The molecule has 1 aromatic carbocycles. The van der Waals surface area contributed by atoms with Crippen LogP contribution in [0.25, 0.3) is 0 Å². The van der Waals surface area contributed by atoms with E-state index in [9.17, 15) is 0 Å². The molecule has 0 aliphatic heterocycles. The average Bonchev–Trinajstić information content (AvgIpc) is 3.13. The summed E-state index contributed by atoms with van der Waals surface area (Å²) in [6.07, 6.45) is 2.73. The van der Waals surface area contributed by atoms with Crippen molar-refractivity contribution < 1.29 is 0 Å². The lowest BCUT2D eigenvalue weighted by Crippen LogP contribution is -2.28. The van der Waals surface area contributed by atoms with E-state index in [1.165, 1.54) is 24.1 Å². The Hall–Kier alpha value is -1.06. The molecule has 0 heterocycles. The molecule has 1 fully saturated rings. The monoisotopic (exact) mass is 233 g/mol. The Morgan fingerprint density at radius 1 is 1.12 bits per heavy atom. The van der Waals surface area contributed by atoms with Gasteiger partial charge in [0.25, 0.3) is 0 Å². The molecule has 0 aromatic heterocycles. The van der Waals surface area contributed by atoms with Crippen molar-refractivity contribution in [3.63, 3.8) is 0 Å². The van der Waals surface area contributed by atoms with Gasteiger partial charge in [0.1, 0.15) is 0 Å². The van der Waals surface area contributed by atoms with Gasteiger partial charge in [0.05, 0.1) is 0 Å². The molecule has 0 radical (unpaired) electrons. The third-order valence-electron chi connectivity index (χ3n) is 3.09. The van der Waals surface area contributed by atoms with Crippen molar-refractivity contribution in [3.8, 4) is 0 Å². The zero-order valence-electron chi connectivity index (χ0n) is 10.9. The van der Waals surface area contributed by atoms with Crippen molar-refractivity contribution in [2.45, 2.75) is 25.4 Å². The van der Waals surface area contributed by atoms with Crippen LogP contribution in [0.4, 0.5) is 5.69 Å². The lowest BCUT2D eigenvalue weighted by atomic mass is 10.2. The smallest absolute Gasteiger partial charge is 0.0361 e. The van der Waals surface area contributed by atoms with Crippen molar-refractivity contribution in [2.75, 3.05) is 32.1 Å². The Morgan fingerprint density at radius 2 is 1.82 bits per heavy atom. The molecule has 0 spiro atoms. The average molecular weight is 233 g/mol. The summed E-state index contributed by atoms with van der Waals surface area (Å²) in [5.74, 6) is 0. The maximum atomic E-state index is 3.50. The summed E-state index contributed by atoms with van der Waals surface area (Å²) in [4.78, 5) is 2.12. The normalized spacial score (nSPS) is 14.9. The van der Waals surface area contributed by atoms with Crippen LogP contribution < -0.4 is 15.5 Å². The fourth-order valence-corrected chi connectivity index (χ4v) is 1.80. The van der Waals surface area contributed by atoms with Crippen LogP contribution in [-0.4, -0.2) is 33.2 Å². The summed E-state index contributed by atoms with van der Waals surface area (Å²) in [5, 5.41) is 6.96. The molecule has 0 atom stereocenters. The Bertz CT molecular complexity index is 328. The van der Waals surface area contributed by atoms with Gasteiger partial charge in [-0.1, -0.05) is 12.1 Å². The van der Waals surface area contributed by atoms with Crippen molar-refractivity contribution in [3.05, 3.63) is 29.8 Å². The first-order chi connectivity index (χ1) is 8.25. The van der Waals surface area contributed by atoms with Crippen molar-refractivity contribution in [2.24, 2.45) is 0 Å². The first-order valence-corrected chi connectivity index (χ1v) is 6.46. The third-order valence-corrected chi connectivity index (χ3v) is 3.09. The molecule has 3 nitrogen and oxygen atoms in total. The van der Waals surface area contributed by atoms with Crippen LogP contribution in [0, 0.1) is 0 Å². The van der Waals surface area contributed by atoms with E-state index in [1.807, 2.05) is 0 Å². The van der Waals surface area contributed by atoms with Gasteiger partial charge in [-0.25, -0.2) is 0 Å². The highest BCUT2D eigenvalue weighted by Crippen LogP contribution is 2.17. The Morgan fingerprint density at radius 3 is 2.41 bits per heavy atom. The Kier molecular flexibility index (Phi) is 4.40. The SMILES string of the molecule is CN(C)c1ccc(CNCCNC2CC2)cc1. The Balaban J connectivity index is 1.63. The highest BCUT2D eigenvalue weighted by atomic mass is 15.1. The van der Waals surface area contributed by atoms with E-state index in [0.717, 1.165) is 25.7 Å². The van der Waals surface area contributed by atoms with Gasteiger partial charge in [-0.15, -0.1) is 0 Å². The fraction of sp³-hybridized carbons (Fsp3) is 0.571.